The maximum atomic E-state index is 12.1. The molecule has 0 radical (unpaired) electrons. The molecule has 8 nitrogen and oxygen atoms in total. The molecular formula is C17H26N6O2. The predicted octanol–water partition coefficient (Wildman–Crippen LogP) is 1.93. The predicted molar refractivity (Wildman–Crippen MR) is 90.7 cm³/mol. The topological polar surface area (TPSA) is 98.7 Å². The van der Waals surface area contributed by atoms with Gasteiger partial charge in [0.05, 0.1) is 6.54 Å². The molecule has 3 rings (SSSR count). The summed E-state index contributed by atoms with van der Waals surface area (Å²) in [6.07, 6.45) is 5.23. The maximum Gasteiger partial charge on any atom is 0.227 e. The fourth-order valence-electron chi connectivity index (χ4n) is 2.82. The first-order chi connectivity index (χ1) is 11.9. The van der Waals surface area contributed by atoms with E-state index in [0.29, 0.717) is 31.1 Å². The van der Waals surface area contributed by atoms with Crippen LogP contribution in [0.2, 0.25) is 0 Å². The van der Waals surface area contributed by atoms with Crippen molar-refractivity contribution in [2.75, 3.05) is 0 Å². The van der Waals surface area contributed by atoms with Crippen LogP contribution in [-0.4, -0.2) is 30.8 Å². The number of hydrogen-bond acceptors (Lipinski definition) is 6. The number of nitrogens with zero attached hydrogens (tertiary/aromatic N) is 5. The van der Waals surface area contributed by atoms with E-state index in [9.17, 15) is 4.79 Å². The number of fused-ring (bicyclic) bond motifs is 1. The Morgan fingerprint density at radius 2 is 2.08 bits per heavy atom. The number of carbonyl (C=O) groups is 1. The van der Waals surface area contributed by atoms with Crippen LogP contribution in [0.15, 0.2) is 4.52 Å². The Hall–Kier alpha value is -2.25. The lowest BCUT2D eigenvalue weighted by molar-refractivity contribution is -0.121. The first kappa shape index (κ1) is 17.6. The molecule has 0 atom stereocenters. The molecule has 2 aromatic rings. The van der Waals surface area contributed by atoms with E-state index in [1.165, 1.54) is 6.42 Å². The molecule has 25 heavy (non-hydrogen) atoms. The minimum absolute atomic E-state index is 0.0542. The van der Waals surface area contributed by atoms with Gasteiger partial charge in [0.2, 0.25) is 11.8 Å². The van der Waals surface area contributed by atoms with Gasteiger partial charge in [0.15, 0.2) is 11.6 Å². The Morgan fingerprint density at radius 3 is 2.84 bits per heavy atom. The van der Waals surface area contributed by atoms with E-state index in [0.717, 1.165) is 37.5 Å². The maximum absolute atomic E-state index is 12.1. The Morgan fingerprint density at radius 1 is 1.24 bits per heavy atom. The van der Waals surface area contributed by atoms with Crippen LogP contribution in [0.5, 0.6) is 0 Å². The zero-order chi connectivity index (χ0) is 17.9. The summed E-state index contributed by atoms with van der Waals surface area (Å²) in [5.74, 6) is 2.97. The van der Waals surface area contributed by atoms with Crippen LogP contribution < -0.4 is 5.32 Å². The Labute approximate surface area is 147 Å². The lowest BCUT2D eigenvalue weighted by Gasteiger charge is -2.10. The summed E-state index contributed by atoms with van der Waals surface area (Å²) in [7, 11) is 0. The van der Waals surface area contributed by atoms with Crippen molar-refractivity contribution < 1.29 is 9.32 Å². The van der Waals surface area contributed by atoms with Gasteiger partial charge in [-0.3, -0.25) is 4.79 Å². The average molecular weight is 346 g/mol. The third-order valence-corrected chi connectivity index (χ3v) is 4.33. The lowest BCUT2D eigenvalue weighted by Crippen LogP contribution is -2.25. The summed E-state index contributed by atoms with van der Waals surface area (Å²) < 4.78 is 7.35. The molecule has 8 heteroatoms. The van der Waals surface area contributed by atoms with E-state index in [1.807, 2.05) is 20.8 Å². The molecule has 0 saturated heterocycles. The normalized spacial score (nSPS) is 14.8. The molecule has 0 unspecified atom stereocenters. The van der Waals surface area contributed by atoms with Crippen molar-refractivity contribution in [1.29, 1.82) is 0 Å². The van der Waals surface area contributed by atoms with E-state index < -0.39 is 0 Å². The quantitative estimate of drug-likeness (QED) is 0.888. The van der Waals surface area contributed by atoms with E-state index in [2.05, 4.69) is 30.2 Å². The number of hydrogen-bond donors (Lipinski definition) is 1. The van der Waals surface area contributed by atoms with Gasteiger partial charge in [-0.25, -0.2) is 0 Å². The zero-order valence-corrected chi connectivity index (χ0v) is 15.2. The summed E-state index contributed by atoms with van der Waals surface area (Å²) in [6.45, 7) is 7.41. The van der Waals surface area contributed by atoms with Crippen molar-refractivity contribution in [2.45, 2.75) is 77.8 Å². The van der Waals surface area contributed by atoms with E-state index >= 15 is 0 Å². The standard InChI is InChI=1S/C17H26N6O2/c1-17(2,3)16-19-15(25-22-16)9-8-14(24)18-11-13-21-20-12-7-5-4-6-10-23(12)13/h4-11H2,1-3H3,(H,18,24). The smallest absolute Gasteiger partial charge is 0.227 e. The van der Waals surface area contributed by atoms with Crippen LogP contribution in [0.1, 0.15) is 69.8 Å². The molecule has 1 aliphatic heterocycles. The molecule has 0 bridgehead atoms. The number of amides is 1. The molecule has 0 aliphatic carbocycles. The molecule has 136 valence electrons. The Kier molecular flexibility index (Phi) is 5.15. The van der Waals surface area contributed by atoms with Crippen molar-refractivity contribution in [3.63, 3.8) is 0 Å². The number of nitrogens with one attached hydrogen (secondary N) is 1. The van der Waals surface area contributed by atoms with Crippen LogP contribution >= 0.6 is 0 Å². The lowest BCUT2D eigenvalue weighted by atomic mass is 9.96. The minimum Gasteiger partial charge on any atom is -0.349 e. The van der Waals surface area contributed by atoms with Crippen molar-refractivity contribution in [2.24, 2.45) is 0 Å². The largest absolute Gasteiger partial charge is 0.349 e. The summed E-state index contributed by atoms with van der Waals surface area (Å²) >= 11 is 0. The molecule has 1 amide bonds. The fourth-order valence-corrected chi connectivity index (χ4v) is 2.82. The number of aromatic nitrogens is 5. The van der Waals surface area contributed by atoms with Gasteiger partial charge in [-0.05, 0) is 12.8 Å². The average Bonchev–Trinajstić information content (AvgIpc) is 3.12. The van der Waals surface area contributed by atoms with Crippen molar-refractivity contribution >= 4 is 5.91 Å². The minimum atomic E-state index is -0.157. The third-order valence-electron chi connectivity index (χ3n) is 4.33. The number of carbonyl (C=O) groups excluding carboxylic acids is 1. The molecular weight excluding hydrogens is 320 g/mol. The van der Waals surface area contributed by atoms with Gasteiger partial charge in [0.25, 0.3) is 0 Å². The summed E-state index contributed by atoms with van der Waals surface area (Å²) in [4.78, 5) is 16.4. The van der Waals surface area contributed by atoms with Crippen LogP contribution in [0.3, 0.4) is 0 Å². The van der Waals surface area contributed by atoms with Crippen LogP contribution in [0.25, 0.3) is 0 Å². The first-order valence-corrected chi connectivity index (χ1v) is 8.94. The molecule has 0 aromatic carbocycles. The van der Waals surface area contributed by atoms with Gasteiger partial charge in [-0.1, -0.05) is 32.3 Å². The summed E-state index contributed by atoms with van der Waals surface area (Å²) in [5, 5.41) is 15.3. The van der Waals surface area contributed by atoms with Gasteiger partial charge in [0, 0.05) is 31.2 Å². The van der Waals surface area contributed by atoms with Crippen molar-refractivity contribution in [3.8, 4) is 0 Å². The van der Waals surface area contributed by atoms with Crippen LogP contribution in [-0.2, 0) is 36.1 Å². The fraction of sp³-hybridized carbons (Fsp3) is 0.706. The highest BCUT2D eigenvalue weighted by atomic mass is 16.5. The van der Waals surface area contributed by atoms with E-state index in [1.54, 1.807) is 0 Å². The van der Waals surface area contributed by atoms with Gasteiger partial charge in [-0.2, -0.15) is 4.98 Å². The van der Waals surface area contributed by atoms with Gasteiger partial charge < -0.3 is 14.4 Å². The molecule has 1 aliphatic rings. The highest BCUT2D eigenvalue weighted by Crippen LogP contribution is 2.18. The second-order valence-corrected chi connectivity index (χ2v) is 7.53. The van der Waals surface area contributed by atoms with Gasteiger partial charge in [0.1, 0.15) is 5.82 Å². The Balaban J connectivity index is 1.49. The molecule has 0 fully saturated rings. The summed E-state index contributed by atoms with van der Waals surface area (Å²) in [5.41, 5.74) is -0.157. The number of aryl methyl sites for hydroxylation is 2. The zero-order valence-electron chi connectivity index (χ0n) is 15.2. The van der Waals surface area contributed by atoms with Gasteiger partial charge >= 0.3 is 0 Å². The van der Waals surface area contributed by atoms with Gasteiger partial charge in [-0.15, -0.1) is 10.2 Å². The molecule has 2 aromatic heterocycles. The highest BCUT2D eigenvalue weighted by molar-refractivity contribution is 5.75. The third kappa shape index (κ3) is 4.43. The van der Waals surface area contributed by atoms with Crippen LogP contribution in [0, 0.1) is 0 Å². The first-order valence-electron chi connectivity index (χ1n) is 8.94. The molecule has 0 saturated carbocycles. The highest BCUT2D eigenvalue weighted by Gasteiger charge is 2.21. The van der Waals surface area contributed by atoms with Crippen molar-refractivity contribution in [3.05, 3.63) is 23.4 Å². The number of rotatable bonds is 5. The monoisotopic (exact) mass is 346 g/mol. The second kappa shape index (κ2) is 7.33. The molecule has 1 N–H and O–H groups in total. The van der Waals surface area contributed by atoms with Crippen molar-refractivity contribution in [1.82, 2.24) is 30.2 Å². The summed E-state index contributed by atoms with van der Waals surface area (Å²) in [6, 6.07) is 0. The van der Waals surface area contributed by atoms with Crippen LogP contribution in [0.4, 0.5) is 0 Å². The molecule has 0 spiro atoms. The van der Waals surface area contributed by atoms with E-state index in [4.69, 9.17) is 4.52 Å². The second-order valence-electron chi connectivity index (χ2n) is 7.53. The molecule has 3 heterocycles. The van der Waals surface area contributed by atoms with E-state index in [-0.39, 0.29) is 11.3 Å². The Bertz CT molecular complexity index is 728. The SMILES string of the molecule is CC(C)(C)c1noc(CCC(=O)NCc2nnc3n2CCCCC3)n1.